The highest BCUT2D eigenvalue weighted by atomic mass is 79.9. The molecule has 0 bridgehead atoms. The first-order valence-corrected chi connectivity index (χ1v) is 7.32. The number of hydrogen-bond donors (Lipinski definition) is 1. The Hall–Kier alpha value is -1.88. The van der Waals surface area contributed by atoms with Crippen molar-refractivity contribution in [3.05, 3.63) is 63.9 Å². The van der Waals surface area contributed by atoms with Gasteiger partial charge >= 0.3 is 0 Å². The normalized spacial score (nSPS) is 11.5. The van der Waals surface area contributed by atoms with Crippen molar-refractivity contribution >= 4 is 21.6 Å². The van der Waals surface area contributed by atoms with Crippen molar-refractivity contribution in [3.63, 3.8) is 0 Å². The Balaban J connectivity index is 2.20. The Morgan fingerprint density at radius 1 is 1.29 bits per heavy atom. The molecule has 0 amide bonds. The second-order valence-electron chi connectivity index (χ2n) is 4.42. The Labute approximate surface area is 131 Å². The van der Waals surface area contributed by atoms with Crippen molar-refractivity contribution in [2.45, 2.75) is 20.0 Å². The maximum Gasteiger partial charge on any atom is 0.128 e. The van der Waals surface area contributed by atoms with Crippen LogP contribution in [0.25, 0.3) is 0 Å². The van der Waals surface area contributed by atoms with Gasteiger partial charge in [0.1, 0.15) is 18.2 Å². The number of nitrogens with zero attached hydrogens (tertiary/aromatic N) is 1. The molecule has 5 heteroatoms. The monoisotopic (exact) mass is 351 g/mol. The summed E-state index contributed by atoms with van der Waals surface area (Å²) in [5.41, 5.74) is 2.15. The van der Waals surface area contributed by atoms with Crippen molar-refractivity contribution in [1.82, 2.24) is 0 Å². The van der Waals surface area contributed by atoms with E-state index in [0.29, 0.717) is 29.0 Å². The fourth-order valence-electron chi connectivity index (χ4n) is 1.94. The van der Waals surface area contributed by atoms with Gasteiger partial charge in [-0.1, -0.05) is 46.2 Å². The third kappa shape index (κ3) is 3.82. The minimum absolute atomic E-state index is 0.292. The number of para-hydroxylation sites is 1. The average molecular weight is 352 g/mol. The molecule has 1 N–H and O–H groups in total. The van der Waals surface area contributed by atoms with Crippen LogP contribution in [0.5, 0.6) is 5.75 Å². The lowest BCUT2D eigenvalue weighted by atomic mass is 10.1. The van der Waals surface area contributed by atoms with Gasteiger partial charge in [-0.05, 0) is 30.7 Å². The summed E-state index contributed by atoms with van der Waals surface area (Å²) in [6.45, 7) is 2.20. The molecular weight excluding hydrogens is 337 g/mol. The van der Waals surface area contributed by atoms with Gasteiger partial charge in [-0.3, -0.25) is 0 Å². The van der Waals surface area contributed by atoms with Crippen LogP contribution in [-0.2, 0) is 6.61 Å². The van der Waals surface area contributed by atoms with Gasteiger partial charge in [-0.15, -0.1) is 0 Å². The number of oxime groups is 1. The van der Waals surface area contributed by atoms with Crippen molar-refractivity contribution in [1.29, 1.82) is 0 Å². The summed E-state index contributed by atoms with van der Waals surface area (Å²) in [6.07, 6.45) is 0.594. The van der Waals surface area contributed by atoms with E-state index in [4.69, 9.17) is 9.94 Å². The van der Waals surface area contributed by atoms with Crippen LogP contribution in [0, 0.1) is 5.82 Å². The molecule has 0 radical (unpaired) electrons. The van der Waals surface area contributed by atoms with Crippen molar-refractivity contribution < 1.29 is 14.3 Å². The summed E-state index contributed by atoms with van der Waals surface area (Å²) < 4.78 is 19.5. The largest absolute Gasteiger partial charge is 0.488 e. The maximum atomic E-state index is 13.1. The predicted molar refractivity (Wildman–Crippen MR) is 83.5 cm³/mol. The lowest BCUT2D eigenvalue weighted by molar-refractivity contribution is 0.302. The van der Waals surface area contributed by atoms with Gasteiger partial charge in [0.25, 0.3) is 0 Å². The Morgan fingerprint density at radius 3 is 2.71 bits per heavy atom. The van der Waals surface area contributed by atoms with E-state index in [0.717, 1.165) is 11.1 Å². The Kier molecular flexibility index (Phi) is 5.33. The van der Waals surface area contributed by atoms with Crippen LogP contribution in [0.4, 0.5) is 4.39 Å². The molecule has 0 saturated heterocycles. The minimum Gasteiger partial charge on any atom is -0.488 e. The summed E-state index contributed by atoms with van der Waals surface area (Å²) in [7, 11) is 0. The Bertz CT molecular complexity index is 658. The predicted octanol–water partition coefficient (Wildman–Crippen LogP) is 4.76. The molecule has 2 aromatic rings. The number of rotatable bonds is 5. The van der Waals surface area contributed by atoms with E-state index in [1.54, 1.807) is 6.07 Å². The third-order valence-corrected chi connectivity index (χ3v) is 3.79. The van der Waals surface area contributed by atoms with E-state index >= 15 is 0 Å². The van der Waals surface area contributed by atoms with Gasteiger partial charge in [0, 0.05) is 15.6 Å². The molecule has 0 fully saturated rings. The van der Waals surface area contributed by atoms with Crippen LogP contribution in [0.3, 0.4) is 0 Å². The molecular formula is C16H15BrFNO2. The lowest BCUT2D eigenvalue weighted by Crippen LogP contribution is -2.05. The highest BCUT2D eigenvalue weighted by Crippen LogP contribution is 2.24. The van der Waals surface area contributed by atoms with Crippen molar-refractivity contribution in [2.75, 3.05) is 0 Å². The molecule has 0 saturated carbocycles. The maximum absolute atomic E-state index is 13.1. The number of ether oxygens (including phenoxy) is 1. The van der Waals surface area contributed by atoms with Gasteiger partial charge in [-0.2, -0.15) is 0 Å². The van der Waals surface area contributed by atoms with Crippen LogP contribution in [0.2, 0.25) is 0 Å². The smallest absolute Gasteiger partial charge is 0.128 e. The van der Waals surface area contributed by atoms with Gasteiger partial charge in [0.05, 0.1) is 5.71 Å². The molecule has 0 atom stereocenters. The van der Waals surface area contributed by atoms with Gasteiger partial charge in [-0.25, -0.2) is 4.39 Å². The molecule has 0 aliphatic heterocycles. The van der Waals surface area contributed by atoms with E-state index in [1.807, 2.05) is 31.2 Å². The molecule has 3 nitrogen and oxygen atoms in total. The lowest BCUT2D eigenvalue weighted by Gasteiger charge is -2.12. The zero-order valence-corrected chi connectivity index (χ0v) is 13.1. The minimum atomic E-state index is -0.299. The van der Waals surface area contributed by atoms with Crippen LogP contribution in [-0.4, -0.2) is 10.9 Å². The van der Waals surface area contributed by atoms with E-state index in [-0.39, 0.29) is 5.82 Å². The fourth-order valence-corrected chi connectivity index (χ4v) is 2.41. The standard InChI is InChI=1S/C16H15BrFNO2/c1-2-15(19-20)13-5-3-4-6-16(13)21-10-11-7-8-12(18)9-14(11)17/h3-9,20H,2,10H2,1H3/b19-15+. The van der Waals surface area contributed by atoms with Crippen molar-refractivity contribution in [2.24, 2.45) is 5.16 Å². The first-order chi connectivity index (χ1) is 10.2. The molecule has 0 heterocycles. The number of halogens is 2. The second-order valence-corrected chi connectivity index (χ2v) is 5.28. The van der Waals surface area contributed by atoms with E-state index in [1.165, 1.54) is 12.1 Å². The summed E-state index contributed by atoms with van der Waals surface area (Å²) >= 11 is 3.31. The molecule has 110 valence electrons. The highest BCUT2D eigenvalue weighted by Gasteiger charge is 2.10. The van der Waals surface area contributed by atoms with Crippen molar-refractivity contribution in [3.8, 4) is 5.75 Å². The van der Waals surface area contributed by atoms with Crippen LogP contribution in [0.1, 0.15) is 24.5 Å². The summed E-state index contributed by atoms with van der Waals surface area (Å²) in [5, 5.41) is 12.3. The zero-order valence-electron chi connectivity index (χ0n) is 11.5. The third-order valence-electron chi connectivity index (χ3n) is 3.05. The molecule has 0 aromatic heterocycles. The first-order valence-electron chi connectivity index (χ1n) is 6.52. The number of benzene rings is 2. The molecule has 2 aromatic carbocycles. The fraction of sp³-hybridized carbons (Fsp3) is 0.188. The Morgan fingerprint density at radius 2 is 2.05 bits per heavy atom. The van der Waals surface area contributed by atoms with Gasteiger partial charge in [0.15, 0.2) is 0 Å². The number of hydrogen-bond acceptors (Lipinski definition) is 3. The summed E-state index contributed by atoms with van der Waals surface area (Å²) in [5.74, 6) is 0.329. The molecule has 0 unspecified atom stereocenters. The van der Waals surface area contributed by atoms with Crippen LogP contribution >= 0.6 is 15.9 Å². The molecule has 0 spiro atoms. The van der Waals surface area contributed by atoms with E-state index < -0.39 is 0 Å². The van der Waals surface area contributed by atoms with Crippen LogP contribution < -0.4 is 4.74 Å². The van der Waals surface area contributed by atoms with E-state index in [2.05, 4.69) is 21.1 Å². The summed E-state index contributed by atoms with van der Waals surface area (Å²) in [4.78, 5) is 0. The SMILES string of the molecule is CC/C(=N\O)c1ccccc1OCc1ccc(F)cc1Br. The van der Waals surface area contributed by atoms with E-state index in [9.17, 15) is 4.39 Å². The highest BCUT2D eigenvalue weighted by molar-refractivity contribution is 9.10. The van der Waals surface area contributed by atoms with Crippen LogP contribution in [0.15, 0.2) is 52.1 Å². The topological polar surface area (TPSA) is 41.8 Å². The average Bonchev–Trinajstić information content (AvgIpc) is 2.49. The molecule has 21 heavy (non-hydrogen) atoms. The zero-order chi connectivity index (χ0) is 15.2. The molecule has 2 rings (SSSR count). The first kappa shape index (κ1) is 15.5. The molecule has 0 aliphatic rings. The second kappa shape index (κ2) is 7.22. The van der Waals surface area contributed by atoms with Gasteiger partial charge < -0.3 is 9.94 Å². The van der Waals surface area contributed by atoms with Gasteiger partial charge in [0.2, 0.25) is 0 Å². The summed E-state index contributed by atoms with van der Waals surface area (Å²) in [6, 6.07) is 11.8. The molecule has 0 aliphatic carbocycles. The quantitative estimate of drug-likeness (QED) is 0.479.